The monoisotopic (exact) mass is 276 g/mol. The van der Waals surface area contributed by atoms with E-state index in [2.05, 4.69) is 20.5 Å². The lowest BCUT2D eigenvalue weighted by molar-refractivity contribution is 0.0660. The van der Waals surface area contributed by atoms with Gasteiger partial charge in [0.25, 0.3) is 0 Å². The van der Waals surface area contributed by atoms with E-state index in [0.29, 0.717) is 18.3 Å². The van der Waals surface area contributed by atoms with Crippen LogP contribution in [0, 0.1) is 0 Å². The van der Waals surface area contributed by atoms with Gasteiger partial charge in [-0.05, 0) is 25.0 Å². The molecule has 0 aliphatic carbocycles. The van der Waals surface area contributed by atoms with Crippen LogP contribution in [0.1, 0.15) is 41.6 Å². The Morgan fingerprint density at radius 1 is 1.25 bits per heavy atom. The molecule has 0 aliphatic rings. The Labute approximate surface area is 116 Å². The van der Waals surface area contributed by atoms with Crippen molar-refractivity contribution in [2.24, 2.45) is 0 Å². The number of rotatable bonds is 6. The second-order valence-electron chi connectivity index (χ2n) is 4.16. The van der Waals surface area contributed by atoms with Gasteiger partial charge >= 0.3 is 5.97 Å². The molecule has 2 rings (SSSR count). The molecule has 7 heteroatoms. The fraction of sp³-hybridized carbons (Fsp3) is 0.385. The molecule has 0 saturated heterocycles. The number of carbonyl (C=O) groups is 1. The van der Waals surface area contributed by atoms with Crippen LogP contribution in [0.4, 0.5) is 5.95 Å². The summed E-state index contributed by atoms with van der Waals surface area (Å²) in [5.41, 5.74) is 1.81. The fourth-order valence-corrected chi connectivity index (χ4v) is 1.77. The molecule has 2 heterocycles. The van der Waals surface area contributed by atoms with Crippen LogP contribution in [0.25, 0.3) is 0 Å². The highest BCUT2D eigenvalue weighted by Gasteiger charge is 2.10. The van der Waals surface area contributed by atoms with E-state index >= 15 is 0 Å². The third-order valence-electron chi connectivity index (χ3n) is 2.80. The molecular weight excluding hydrogens is 260 g/mol. The number of aromatic nitrogens is 3. The molecule has 20 heavy (non-hydrogen) atoms. The number of nitrogens with one attached hydrogen (secondary N) is 1. The van der Waals surface area contributed by atoms with Crippen LogP contribution in [-0.2, 0) is 19.4 Å². The summed E-state index contributed by atoms with van der Waals surface area (Å²) in [6.45, 7) is 4.33. The van der Waals surface area contributed by atoms with Crippen molar-refractivity contribution in [3.63, 3.8) is 0 Å². The van der Waals surface area contributed by atoms with Gasteiger partial charge in [-0.15, -0.1) is 5.10 Å². The number of carboxylic acid groups (broad SMARTS) is 1. The Bertz CT molecular complexity index is 609. The average molecular weight is 276 g/mol. The van der Waals surface area contributed by atoms with Crippen molar-refractivity contribution in [1.82, 2.24) is 15.2 Å². The molecule has 0 spiro atoms. The molecule has 0 unspecified atom stereocenters. The number of hydrogen-bond acceptors (Lipinski definition) is 6. The zero-order valence-electron chi connectivity index (χ0n) is 11.4. The summed E-state index contributed by atoms with van der Waals surface area (Å²) in [4.78, 5) is 15.1. The summed E-state index contributed by atoms with van der Waals surface area (Å²) < 4.78 is 5.13. The smallest absolute Gasteiger partial charge is 0.371 e. The van der Waals surface area contributed by atoms with Gasteiger partial charge in [0.1, 0.15) is 5.76 Å². The third kappa shape index (κ3) is 3.11. The molecule has 2 aromatic rings. The highest BCUT2D eigenvalue weighted by atomic mass is 16.4. The minimum atomic E-state index is -1.09. The molecule has 7 nitrogen and oxygen atoms in total. The van der Waals surface area contributed by atoms with E-state index < -0.39 is 5.97 Å². The van der Waals surface area contributed by atoms with Gasteiger partial charge in [0.05, 0.1) is 17.9 Å². The van der Waals surface area contributed by atoms with Gasteiger partial charge in [-0.3, -0.25) is 0 Å². The molecule has 0 amide bonds. The number of nitrogens with zero attached hydrogens (tertiary/aromatic N) is 3. The first kappa shape index (κ1) is 14.0. The zero-order chi connectivity index (χ0) is 14.5. The highest BCUT2D eigenvalue weighted by molar-refractivity contribution is 5.84. The first-order chi connectivity index (χ1) is 9.63. The maximum Gasteiger partial charge on any atom is 0.371 e. The van der Waals surface area contributed by atoms with E-state index in [1.165, 1.54) is 6.07 Å². The van der Waals surface area contributed by atoms with Crippen LogP contribution in [0.2, 0.25) is 0 Å². The van der Waals surface area contributed by atoms with Gasteiger partial charge in [0, 0.05) is 0 Å². The number of anilines is 1. The molecule has 0 saturated carbocycles. The largest absolute Gasteiger partial charge is 0.475 e. The van der Waals surface area contributed by atoms with Crippen molar-refractivity contribution in [3.8, 4) is 0 Å². The molecule has 2 aromatic heterocycles. The number of carboxylic acids is 1. The molecule has 0 aliphatic heterocycles. The maximum absolute atomic E-state index is 10.7. The third-order valence-corrected chi connectivity index (χ3v) is 2.80. The van der Waals surface area contributed by atoms with Crippen LogP contribution in [0.15, 0.2) is 16.5 Å². The first-order valence-corrected chi connectivity index (χ1v) is 6.42. The number of hydrogen-bond donors (Lipinski definition) is 2. The van der Waals surface area contributed by atoms with Crippen LogP contribution < -0.4 is 5.32 Å². The second-order valence-corrected chi connectivity index (χ2v) is 4.16. The van der Waals surface area contributed by atoms with E-state index in [1.807, 2.05) is 13.8 Å². The Kier molecular flexibility index (Phi) is 4.29. The normalized spacial score (nSPS) is 10.5. The summed E-state index contributed by atoms with van der Waals surface area (Å²) >= 11 is 0. The van der Waals surface area contributed by atoms with E-state index in [9.17, 15) is 4.79 Å². The quantitative estimate of drug-likeness (QED) is 0.830. The number of aryl methyl sites for hydroxylation is 2. The van der Waals surface area contributed by atoms with Gasteiger partial charge in [-0.1, -0.05) is 13.8 Å². The van der Waals surface area contributed by atoms with Crippen molar-refractivity contribution < 1.29 is 14.3 Å². The Morgan fingerprint density at radius 3 is 2.60 bits per heavy atom. The molecule has 0 aromatic carbocycles. The minimum absolute atomic E-state index is 0.0866. The summed E-state index contributed by atoms with van der Waals surface area (Å²) in [6, 6.07) is 3.02. The van der Waals surface area contributed by atoms with Crippen LogP contribution in [0.5, 0.6) is 0 Å². The Morgan fingerprint density at radius 2 is 2.00 bits per heavy atom. The van der Waals surface area contributed by atoms with Crippen LogP contribution in [-0.4, -0.2) is 26.3 Å². The summed E-state index contributed by atoms with van der Waals surface area (Å²) in [7, 11) is 0. The van der Waals surface area contributed by atoms with Crippen molar-refractivity contribution in [1.29, 1.82) is 0 Å². The Hall–Kier alpha value is -2.44. The summed E-state index contributed by atoms with van der Waals surface area (Å²) in [5, 5.41) is 19.8. The average Bonchev–Trinajstić information content (AvgIpc) is 2.94. The SMILES string of the molecule is CCc1nnc(NCc2ccc(C(=O)O)o2)nc1CC. The second kappa shape index (κ2) is 6.14. The maximum atomic E-state index is 10.7. The lowest BCUT2D eigenvalue weighted by Gasteiger charge is -2.06. The summed E-state index contributed by atoms with van der Waals surface area (Å²) in [6.07, 6.45) is 1.58. The predicted molar refractivity (Wildman–Crippen MR) is 71.6 cm³/mol. The first-order valence-electron chi connectivity index (χ1n) is 6.42. The minimum Gasteiger partial charge on any atom is -0.475 e. The fourth-order valence-electron chi connectivity index (χ4n) is 1.77. The Balaban J connectivity index is 2.04. The van der Waals surface area contributed by atoms with Gasteiger partial charge in [-0.2, -0.15) is 5.10 Å². The number of aromatic carboxylic acids is 1. The standard InChI is InChI=1S/C13H16N4O3/c1-3-9-10(4-2)16-17-13(15-9)14-7-8-5-6-11(20-8)12(18)19/h5-6H,3-4,7H2,1-2H3,(H,18,19)(H,14,15,17). The van der Waals surface area contributed by atoms with Crippen molar-refractivity contribution >= 4 is 11.9 Å². The molecule has 0 fully saturated rings. The van der Waals surface area contributed by atoms with Gasteiger partial charge in [-0.25, -0.2) is 9.78 Å². The van der Waals surface area contributed by atoms with E-state index in [-0.39, 0.29) is 5.76 Å². The van der Waals surface area contributed by atoms with Gasteiger partial charge < -0.3 is 14.8 Å². The molecule has 2 N–H and O–H groups in total. The molecule has 106 valence electrons. The van der Waals surface area contributed by atoms with Crippen molar-refractivity contribution in [3.05, 3.63) is 35.0 Å². The van der Waals surface area contributed by atoms with Crippen LogP contribution >= 0.6 is 0 Å². The highest BCUT2D eigenvalue weighted by Crippen LogP contribution is 2.11. The summed E-state index contributed by atoms with van der Waals surface area (Å²) in [5.74, 6) is -0.262. The van der Waals surface area contributed by atoms with E-state index in [0.717, 1.165) is 24.2 Å². The van der Waals surface area contributed by atoms with Crippen LogP contribution in [0.3, 0.4) is 0 Å². The predicted octanol–water partition coefficient (Wildman–Crippen LogP) is 1.90. The van der Waals surface area contributed by atoms with Gasteiger partial charge in [0.15, 0.2) is 0 Å². The lowest BCUT2D eigenvalue weighted by atomic mass is 10.2. The molecule has 0 bridgehead atoms. The van der Waals surface area contributed by atoms with E-state index in [1.54, 1.807) is 6.07 Å². The molecule has 0 atom stereocenters. The van der Waals surface area contributed by atoms with Crippen molar-refractivity contribution in [2.45, 2.75) is 33.2 Å². The van der Waals surface area contributed by atoms with E-state index in [4.69, 9.17) is 9.52 Å². The topological polar surface area (TPSA) is 101 Å². The number of furan rings is 1. The lowest BCUT2D eigenvalue weighted by Crippen LogP contribution is -2.09. The van der Waals surface area contributed by atoms with Gasteiger partial charge in [0.2, 0.25) is 11.7 Å². The molecular formula is C13H16N4O3. The zero-order valence-corrected chi connectivity index (χ0v) is 11.4. The van der Waals surface area contributed by atoms with Crippen molar-refractivity contribution in [2.75, 3.05) is 5.32 Å². The molecule has 0 radical (unpaired) electrons.